The fraction of sp³-hybridized carbons (Fsp3) is 0.333. The molecule has 34 heavy (non-hydrogen) atoms. The van der Waals surface area contributed by atoms with Gasteiger partial charge in [-0.1, -0.05) is 18.2 Å². The second-order valence-electron chi connectivity index (χ2n) is 8.41. The lowest BCUT2D eigenvalue weighted by molar-refractivity contribution is -0.122. The molecule has 4 rings (SSSR count). The molecule has 2 atom stereocenters. The van der Waals surface area contributed by atoms with Crippen LogP contribution in [-0.2, 0) is 29.3 Å². The number of sulfone groups is 2. The van der Waals surface area contributed by atoms with E-state index in [1.807, 2.05) is 0 Å². The number of Topliss-reactive ketones (excluding diaryl/α,β-unsaturated/α-hetero) is 2. The number of nitrogens with one attached hydrogen (secondary N) is 1. The van der Waals surface area contributed by atoms with Crippen LogP contribution in [0.2, 0.25) is 0 Å². The van der Waals surface area contributed by atoms with Crippen LogP contribution in [0.5, 0.6) is 0 Å². The van der Waals surface area contributed by atoms with Crippen LogP contribution in [0.4, 0.5) is 0 Å². The Bertz CT molecular complexity index is 1390. The SMILES string of the molecule is CONC1=CCS(=O)(=O)c2ccc(C(=O)C3C(=O)CCCC3S(=O)(=O)c3ccccc3)c(C)c21. The van der Waals surface area contributed by atoms with Gasteiger partial charge in [0.2, 0.25) is 0 Å². The van der Waals surface area contributed by atoms with Gasteiger partial charge in [-0.05, 0) is 55.7 Å². The smallest absolute Gasteiger partial charge is 0.182 e. The molecule has 0 bridgehead atoms. The largest absolute Gasteiger partial charge is 0.299 e. The average Bonchev–Trinajstić information content (AvgIpc) is 2.81. The Hall–Kier alpha value is -2.82. The molecule has 2 aromatic carbocycles. The molecular formula is C24H25NO7S2. The maximum absolute atomic E-state index is 13.7. The molecule has 0 radical (unpaired) electrons. The van der Waals surface area contributed by atoms with Crippen LogP contribution >= 0.6 is 0 Å². The monoisotopic (exact) mass is 503 g/mol. The minimum Gasteiger partial charge on any atom is -0.299 e. The summed E-state index contributed by atoms with van der Waals surface area (Å²) in [6.45, 7) is 1.59. The van der Waals surface area contributed by atoms with Crippen LogP contribution < -0.4 is 5.48 Å². The molecule has 0 spiro atoms. The third kappa shape index (κ3) is 4.10. The molecule has 0 saturated heterocycles. The van der Waals surface area contributed by atoms with E-state index in [2.05, 4.69) is 5.48 Å². The molecule has 1 N–H and O–H groups in total. The summed E-state index contributed by atoms with van der Waals surface area (Å²) in [5, 5.41) is -1.19. The Balaban J connectivity index is 1.82. The van der Waals surface area contributed by atoms with Crippen molar-refractivity contribution in [1.29, 1.82) is 0 Å². The fourth-order valence-electron chi connectivity index (χ4n) is 4.74. The molecule has 1 heterocycles. The van der Waals surface area contributed by atoms with Gasteiger partial charge in [-0.3, -0.25) is 19.9 Å². The first kappa shape index (κ1) is 24.3. The van der Waals surface area contributed by atoms with Crippen molar-refractivity contribution in [2.24, 2.45) is 5.92 Å². The van der Waals surface area contributed by atoms with E-state index in [1.165, 1.54) is 37.5 Å². The Morgan fingerprint density at radius 1 is 1.12 bits per heavy atom. The molecule has 2 aromatic rings. The molecule has 2 aliphatic rings. The van der Waals surface area contributed by atoms with Crippen LogP contribution in [0.25, 0.3) is 5.70 Å². The van der Waals surface area contributed by atoms with Crippen molar-refractivity contribution >= 4 is 36.9 Å². The van der Waals surface area contributed by atoms with Crippen molar-refractivity contribution in [3.05, 3.63) is 65.2 Å². The van der Waals surface area contributed by atoms with Gasteiger partial charge in [-0.15, -0.1) is 0 Å². The van der Waals surface area contributed by atoms with Crippen LogP contribution in [0.1, 0.15) is 40.7 Å². The minimum atomic E-state index is -3.95. The summed E-state index contributed by atoms with van der Waals surface area (Å²) in [6.07, 6.45) is 2.14. The quantitative estimate of drug-likeness (QED) is 0.363. The van der Waals surface area contributed by atoms with Gasteiger partial charge in [-0.2, -0.15) is 0 Å². The molecule has 1 aliphatic carbocycles. The van der Waals surface area contributed by atoms with Gasteiger partial charge in [-0.25, -0.2) is 16.8 Å². The zero-order valence-electron chi connectivity index (χ0n) is 18.8. The maximum atomic E-state index is 13.7. The first-order valence-electron chi connectivity index (χ1n) is 10.8. The first-order valence-corrected chi connectivity index (χ1v) is 14.0. The van der Waals surface area contributed by atoms with Crippen LogP contribution in [0.15, 0.2) is 58.3 Å². The lowest BCUT2D eigenvalue weighted by Crippen LogP contribution is -2.43. The van der Waals surface area contributed by atoms with Gasteiger partial charge >= 0.3 is 0 Å². The van der Waals surface area contributed by atoms with Gasteiger partial charge in [0.15, 0.2) is 25.5 Å². The van der Waals surface area contributed by atoms with E-state index in [1.54, 1.807) is 25.1 Å². The van der Waals surface area contributed by atoms with E-state index in [0.29, 0.717) is 17.7 Å². The highest BCUT2D eigenvalue weighted by atomic mass is 32.2. The number of hydroxylamine groups is 1. The summed E-state index contributed by atoms with van der Waals surface area (Å²) in [6, 6.07) is 10.5. The molecule has 1 saturated carbocycles. The second-order valence-corrected chi connectivity index (χ2v) is 12.6. The van der Waals surface area contributed by atoms with E-state index in [4.69, 9.17) is 4.84 Å². The number of hydrogen-bond acceptors (Lipinski definition) is 8. The van der Waals surface area contributed by atoms with Crippen molar-refractivity contribution in [1.82, 2.24) is 5.48 Å². The van der Waals surface area contributed by atoms with Crippen molar-refractivity contribution in [2.45, 2.75) is 41.2 Å². The molecule has 2 unspecified atom stereocenters. The number of benzene rings is 2. The summed E-state index contributed by atoms with van der Waals surface area (Å²) in [5.41, 5.74) is 3.79. The molecule has 180 valence electrons. The molecule has 0 aromatic heterocycles. The molecule has 1 aliphatic heterocycles. The Morgan fingerprint density at radius 2 is 1.82 bits per heavy atom. The number of carbonyl (C=O) groups excluding carboxylic acids is 2. The van der Waals surface area contributed by atoms with Crippen molar-refractivity contribution in [3.63, 3.8) is 0 Å². The highest BCUT2D eigenvalue weighted by Crippen LogP contribution is 2.37. The predicted molar refractivity (Wildman–Crippen MR) is 125 cm³/mol. The second kappa shape index (κ2) is 9.09. The summed E-state index contributed by atoms with van der Waals surface area (Å²) in [5.74, 6) is -2.62. The lowest BCUT2D eigenvalue weighted by Gasteiger charge is -2.30. The number of fused-ring (bicyclic) bond motifs is 1. The Morgan fingerprint density at radius 3 is 2.50 bits per heavy atom. The van der Waals surface area contributed by atoms with Crippen LogP contribution in [0.3, 0.4) is 0 Å². The topological polar surface area (TPSA) is 124 Å². The Kier molecular flexibility index (Phi) is 6.50. The maximum Gasteiger partial charge on any atom is 0.182 e. The van der Waals surface area contributed by atoms with Gasteiger partial charge in [0.1, 0.15) is 5.78 Å². The normalized spacial score (nSPS) is 21.9. The first-order chi connectivity index (χ1) is 16.1. The van der Waals surface area contributed by atoms with Gasteiger partial charge in [0.05, 0.1) is 39.5 Å². The van der Waals surface area contributed by atoms with E-state index in [-0.39, 0.29) is 39.5 Å². The third-order valence-electron chi connectivity index (χ3n) is 6.40. The van der Waals surface area contributed by atoms with E-state index in [9.17, 15) is 26.4 Å². The van der Waals surface area contributed by atoms with Gasteiger partial charge in [0, 0.05) is 17.5 Å². The van der Waals surface area contributed by atoms with Crippen LogP contribution in [-0.4, -0.2) is 46.5 Å². The molecule has 10 heteroatoms. The average molecular weight is 504 g/mol. The van der Waals surface area contributed by atoms with E-state index >= 15 is 0 Å². The van der Waals surface area contributed by atoms with Gasteiger partial charge in [0.25, 0.3) is 0 Å². The summed E-state index contributed by atoms with van der Waals surface area (Å²) in [4.78, 5) is 31.8. The zero-order chi connectivity index (χ0) is 24.7. The zero-order valence-corrected chi connectivity index (χ0v) is 20.4. The molecule has 8 nitrogen and oxygen atoms in total. The summed E-state index contributed by atoms with van der Waals surface area (Å²) in [7, 11) is -6.17. The van der Waals surface area contributed by atoms with Crippen LogP contribution in [0, 0.1) is 12.8 Å². The fourth-order valence-corrected chi connectivity index (χ4v) is 8.16. The van der Waals surface area contributed by atoms with Crippen molar-refractivity contribution in [2.75, 3.05) is 12.9 Å². The number of ketones is 2. The molecule has 0 amide bonds. The molecule has 1 fully saturated rings. The van der Waals surface area contributed by atoms with E-state index < -0.39 is 42.4 Å². The number of hydrogen-bond donors (Lipinski definition) is 1. The van der Waals surface area contributed by atoms with Crippen molar-refractivity contribution < 1.29 is 31.3 Å². The number of rotatable bonds is 6. The minimum absolute atomic E-state index is 0.0482. The Labute approximate surface area is 198 Å². The summed E-state index contributed by atoms with van der Waals surface area (Å²) < 4.78 is 52.0. The standard InChI is InChI=1S/C24H25NO7S2/c1-15-17(11-12-20-22(15)18(25-32-2)13-14-33(20,28)29)24(27)23-19(26)9-6-10-21(23)34(30,31)16-7-4-3-5-8-16/h3-5,7-8,11-13,21,23,25H,6,9-10,14H2,1-2H3. The van der Waals surface area contributed by atoms with E-state index in [0.717, 1.165) is 0 Å². The highest BCUT2D eigenvalue weighted by molar-refractivity contribution is 7.92. The van der Waals surface area contributed by atoms with Gasteiger partial charge < -0.3 is 0 Å². The summed E-state index contributed by atoms with van der Waals surface area (Å²) >= 11 is 0. The number of carbonyl (C=O) groups is 2. The predicted octanol–water partition coefficient (Wildman–Crippen LogP) is 2.67. The molecular weight excluding hydrogens is 478 g/mol. The highest BCUT2D eigenvalue weighted by Gasteiger charge is 2.45. The van der Waals surface area contributed by atoms with Crippen molar-refractivity contribution in [3.8, 4) is 0 Å². The third-order valence-corrected chi connectivity index (χ3v) is 10.2. The lowest BCUT2D eigenvalue weighted by atomic mass is 9.80.